The topological polar surface area (TPSA) is 29.9 Å². The third kappa shape index (κ3) is 1.85. The van der Waals surface area contributed by atoms with Crippen LogP contribution in [-0.2, 0) is 6.54 Å². The van der Waals surface area contributed by atoms with E-state index in [4.69, 9.17) is 0 Å². The van der Waals surface area contributed by atoms with Gasteiger partial charge in [0.2, 0.25) is 0 Å². The lowest BCUT2D eigenvalue weighted by atomic mass is 10.3. The van der Waals surface area contributed by atoms with Gasteiger partial charge in [-0.2, -0.15) is 5.10 Å². The van der Waals surface area contributed by atoms with Crippen molar-refractivity contribution in [3.8, 4) is 0 Å². The molecule has 0 bridgehead atoms. The third-order valence-electron chi connectivity index (χ3n) is 1.91. The molecule has 0 aliphatic heterocycles. The van der Waals surface area contributed by atoms with Crippen LogP contribution in [0.4, 0.5) is 0 Å². The summed E-state index contributed by atoms with van der Waals surface area (Å²) < 4.78 is 2.00. The van der Waals surface area contributed by atoms with Gasteiger partial charge in [0.15, 0.2) is 0 Å². The summed E-state index contributed by atoms with van der Waals surface area (Å²) in [6.07, 6.45) is 2.11. The molecule has 1 aromatic rings. The van der Waals surface area contributed by atoms with Crippen LogP contribution in [-0.4, -0.2) is 16.8 Å². The second kappa shape index (κ2) is 3.72. The SMILES string of the molecule is CNCc1cn(C(C)C)nc1C. The second-order valence-corrected chi connectivity index (χ2v) is 3.34. The Bertz CT molecular complexity index is 250. The van der Waals surface area contributed by atoms with Gasteiger partial charge in [-0.05, 0) is 27.8 Å². The van der Waals surface area contributed by atoms with Crippen molar-refractivity contribution in [2.75, 3.05) is 7.05 Å². The van der Waals surface area contributed by atoms with E-state index in [1.807, 2.05) is 18.7 Å². The van der Waals surface area contributed by atoms with Crippen LogP contribution < -0.4 is 5.32 Å². The Hall–Kier alpha value is -0.830. The molecule has 3 nitrogen and oxygen atoms in total. The van der Waals surface area contributed by atoms with Gasteiger partial charge in [-0.1, -0.05) is 0 Å². The number of rotatable bonds is 3. The van der Waals surface area contributed by atoms with Crippen molar-refractivity contribution in [2.45, 2.75) is 33.4 Å². The zero-order valence-electron chi connectivity index (χ0n) is 8.26. The molecule has 0 unspecified atom stereocenters. The highest BCUT2D eigenvalue weighted by molar-refractivity contribution is 5.15. The van der Waals surface area contributed by atoms with E-state index in [1.165, 1.54) is 5.56 Å². The monoisotopic (exact) mass is 167 g/mol. The summed E-state index contributed by atoms with van der Waals surface area (Å²) in [5.41, 5.74) is 2.41. The minimum atomic E-state index is 0.453. The predicted octanol–water partition coefficient (Wildman–Crippen LogP) is 1.49. The van der Waals surface area contributed by atoms with Gasteiger partial charge in [-0.3, -0.25) is 4.68 Å². The van der Waals surface area contributed by atoms with E-state index in [0.29, 0.717) is 6.04 Å². The van der Waals surface area contributed by atoms with Crippen LogP contribution in [0.15, 0.2) is 6.20 Å². The lowest BCUT2D eigenvalue weighted by Gasteiger charge is -2.02. The molecule has 0 spiro atoms. The first kappa shape index (κ1) is 9.26. The minimum Gasteiger partial charge on any atom is -0.316 e. The van der Waals surface area contributed by atoms with Gasteiger partial charge >= 0.3 is 0 Å². The molecule has 0 aliphatic rings. The first-order valence-electron chi connectivity index (χ1n) is 4.34. The molecule has 1 heterocycles. The fourth-order valence-corrected chi connectivity index (χ4v) is 1.15. The molecule has 68 valence electrons. The first-order valence-corrected chi connectivity index (χ1v) is 4.34. The summed E-state index contributed by atoms with van der Waals surface area (Å²) in [6, 6.07) is 0.453. The van der Waals surface area contributed by atoms with Crippen LogP contribution in [0.3, 0.4) is 0 Å². The molecule has 0 aromatic carbocycles. The van der Waals surface area contributed by atoms with Gasteiger partial charge in [0.05, 0.1) is 5.69 Å². The normalized spacial score (nSPS) is 11.1. The van der Waals surface area contributed by atoms with Crippen molar-refractivity contribution in [3.05, 3.63) is 17.5 Å². The molecular weight excluding hydrogens is 150 g/mol. The van der Waals surface area contributed by atoms with Crippen molar-refractivity contribution in [3.63, 3.8) is 0 Å². The van der Waals surface area contributed by atoms with Crippen LogP contribution in [0.2, 0.25) is 0 Å². The van der Waals surface area contributed by atoms with Crippen molar-refractivity contribution in [2.24, 2.45) is 0 Å². The average molecular weight is 167 g/mol. The molecule has 0 aliphatic carbocycles. The molecule has 1 aromatic heterocycles. The smallest absolute Gasteiger partial charge is 0.0638 e. The Labute approximate surface area is 73.8 Å². The molecule has 0 radical (unpaired) electrons. The summed E-state index contributed by atoms with van der Waals surface area (Å²) in [5, 5.41) is 7.53. The maximum absolute atomic E-state index is 4.41. The molecule has 3 heteroatoms. The van der Waals surface area contributed by atoms with E-state index in [1.54, 1.807) is 0 Å². The molecule has 1 rings (SSSR count). The van der Waals surface area contributed by atoms with E-state index in [0.717, 1.165) is 12.2 Å². The van der Waals surface area contributed by atoms with E-state index in [2.05, 4.69) is 30.5 Å². The molecular formula is C9H17N3. The fraction of sp³-hybridized carbons (Fsp3) is 0.667. The average Bonchev–Trinajstić information content (AvgIpc) is 2.34. The maximum atomic E-state index is 4.41. The van der Waals surface area contributed by atoms with Crippen LogP contribution in [0, 0.1) is 6.92 Å². The Morgan fingerprint density at radius 3 is 2.67 bits per heavy atom. The summed E-state index contributed by atoms with van der Waals surface area (Å²) >= 11 is 0. The quantitative estimate of drug-likeness (QED) is 0.739. The minimum absolute atomic E-state index is 0.453. The highest BCUT2D eigenvalue weighted by Gasteiger charge is 2.05. The molecule has 0 atom stereocenters. The predicted molar refractivity (Wildman–Crippen MR) is 50.1 cm³/mol. The Morgan fingerprint density at radius 2 is 2.25 bits per heavy atom. The molecule has 0 saturated carbocycles. The van der Waals surface area contributed by atoms with Crippen molar-refractivity contribution >= 4 is 0 Å². The van der Waals surface area contributed by atoms with Crippen molar-refractivity contribution in [1.29, 1.82) is 0 Å². The van der Waals surface area contributed by atoms with Crippen LogP contribution in [0.25, 0.3) is 0 Å². The lowest BCUT2D eigenvalue weighted by Crippen LogP contribution is -2.05. The number of hydrogen-bond acceptors (Lipinski definition) is 2. The molecule has 0 saturated heterocycles. The standard InChI is InChI=1S/C9H17N3/c1-7(2)12-6-9(5-10-4)8(3)11-12/h6-7,10H,5H2,1-4H3. The van der Waals surface area contributed by atoms with Gasteiger partial charge in [0.25, 0.3) is 0 Å². The zero-order valence-corrected chi connectivity index (χ0v) is 8.26. The molecule has 1 N–H and O–H groups in total. The fourth-order valence-electron chi connectivity index (χ4n) is 1.15. The highest BCUT2D eigenvalue weighted by atomic mass is 15.3. The Morgan fingerprint density at radius 1 is 1.58 bits per heavy atom. The Kier molecular flexibility index (Phi) is 2.87. The second-order valence-electron chi connectivity index (χ2n) is 3.34. The summed E-state index contributed by atoms with van der Waals surface area (Å²) in [4.78, 5) is 0. The zero-order chi connectivity index (χ0) is 9.14. The number of hydrogen-bond donors (Lipinski definition) is 1. The highest BCUT2D eigenvalue weighted by Crippen LogP contribution is 2.09. The van der Waals surface area contributed by atoms with E-state index in [-0.39, 0.29) is 0 Å². The molecule has 0 fully saturated rings. The summed E-state index contributed by atoms with van der Waals surface area (Å²) in [6.45, 7) is 7.22. The van der Waals surface area contributed by atoms with E-state index < -0.39 is 0 Å². The third-order valence-corrected chi connectivity index (χ3v) is 1.91. The van der Waals surface area contributed by atoms with Gasteiger partial charge in [0, 0.05) is 24.3 Å². The van der Waals surface area contributed by atoms with Gasteiger partial charge in [0.1, 0.15) is 0 Å². The lowest BCUT2D eigenvalue weighted by molar-refractivity contribution is 0.528. The number of nitrogens with zero attached hydrogens (tertiary/aromatic N) is 2. The summed E-state index contributed by atoms with van der Waals surface area (Å²) in [7, 11) is 1.95. The maximum Gasteiger partial charge on any atom is 0.0638 e. The van der Waals surface area contributed by atoms with E-state index in [9.17, 15) is 0 Å². The van der Waals surface area contributed by atoms with Crippen molar-refractivity contribution < 1.29 is 0 Å². The number of nitrogens with one attached hydrogen (secondary N) is 1. The van der Waals surface area contributed by atoms with Crippen molar-refractivity contribution in [1.82, 2.24) is 15.1 Å². The largest absolute Gasteiger partial charge is 0.316 e. The van der Waals surface area contributed by atoms with Crippen LogP contribution in [0.1, 0.15) is 31.1 Å². The van der Waals surface area contributed by atoms with Gasteiger partial charge in [-0.25, -0.2) is 0 Å². The molecule has 12 heavy (non-hydrogen) atoms. The first-order chi connectivity index (χ1) is 5.65. The molecule has 0 amide bonds. The van der Waals surface area contributed by atoms with Crippen LogP contribution >= 0.6 is 0 Å². The Balaban J connectivity index is 2.85. The summed E-state index contributed by atoms with van der Waals surface area (Å²) in [5.74, 6) is 0. The van der Waals surface area contributed by atoms with Crippen LogP contribution in [0.5, 0.6) is 0 Å². The van der Waals surface area contributed by atoms with E-state index >= 15 is 0 Å². The van der Waals surface area contributed by atoms with Gasteiger partial charge in [-0.15, -0.1) is 0 Å². The number of aromatic nitrogens is 2. The number of aryl methyl sites for hydroxylation is 1. The van der Waals surface area contributed by atoms with Gasteiger partial charge < -0.3 is 5.32 Å².